The summed E-state index contributed by atoms with van der Waals surface area (Å²) in [6.45, 7) is 0. The van der Waals surface area contributed by atoms with E-state index in [-0.39, 0.29) is 5.41 Å². The van der Waals surface area contributed by atoms with Crippen molar-refractivity contribution in [3.63, 3.8) is 0 Å². The van der Waals surface area contributed by atoms with Gasteiger partial charge < -0.3 is 9.32 Å². The highest BCUT2D eigenvalue weighted by Crippen LogP contribution is 2.70. The first kappa shape index (κ1) is 34.2. The minimum absolute atomic E-state index is 0.0856. The van der Waals surface area contributed by atoms with Gasteiger partial charge in [-0.15, -0.1) is 0 Å². The molecule has 1 aromatic heterocycles. The number of para-hydroxylation sites is 2. The fourth-order valence-electron chi connectivity index (χ4n) is 12.8. The van der Waals surface area contributed by atoms with Crippen molar-refractivity contribution < 1.29 is 4.42 Å². The first-order valence-corrected chi connectivity index (χ1v) is 22.0. The molecule has 60 heavy (non-hydrogen) atoms. The van der Waals surface area contributed by atoms with Crippen LogP contribution in [0.1, 0.15) is 43.2 Å². The summed E-state index contributed by atoms with van der Waals surface area (Å²) >= 11 is 0. The Morgan fingerprint density at radius 2 is 0.917 bits per heavy atom. The van der Waals surface area contributed by atoms with Crippen molar-refractivity contribution in [3.8, 4) is 44.5 Å². The molecule has 9 aromatic rings. The molecule has 4 saturated carbocycles. The molecule has 5 aliphatic rings. The molecular weight excluding hydrogens is 727 g/mol. The van der Waals surface area contributed by atoms with Gasteiger partial charge in [0.2, 0.25) is 0 Å². The standard InChI is InChI=1S/C58H45NO/c1-3-11-39(12-4-1)41-19-21-42(22-20-41)48-15-7-9-17-55(48)59(47-24-26-50-49-16-8-10-18-56(49)60-57(50)36-47)46-25-28-54-52(35-46)51-34-43(40-13-5-2-6-14-40)23-27-53(51)58(54)44-30-37-29-38(32-44)33-45(58)31-37/h1-28,34-38,44-45H,29-33H2. The Balaban J connectivity index is 1.02. The quantitative estimate of drug-likeness (QED) is 0.167. The fourth-order valence-corrected chi connectivity index (χ4v) is 12.8. The van der Waals surface area contributed by atoms with Crippen LogP contribution in [-0.4, -0.2) is 0 Å². The first-order chi connectivity index (χ1) is 29.7. The molecule has 8 aromatic carbocycles. The van der Waals surface area contributed by atoms with Gasteiger partial charge in [0.15, 0.2) is 0 Å². The molecule has 1 spiro atoms. The maximum absolute atomic E-state index is 6.56. The second-order valence-electron chi connectivity index (χ2n) is 18.1. The van der Waals surface area contributed by atoms with Crippen molar-refractivity contribution in [2.24, 2.45) is 23.7 Å². The van der Waals surface area contributed by atoms with E-state index in [1.54, 1.807) is 11.1 Å². The van der Waals surface area contributed by atoms with Gasteiger partial charge in [0.25, 0.3) is 0 Å². The van der Waals surface area contributed by atoms with Gasteiger partial charge in [0, 0.05) is 39.2 Å². The third-order valence-corrected chi connectivity index (χ3v) is 15.1. The number of furan rings is 1. The molecule has 5 aliphatic carbocycles. The third-order valence-electron chi connectivity index (χ3n) is 15.1. The van der Waals surface area contributed by atoms with Gasteiger partial charge in [-0.05, 0) is 148 Å². The van der Waals surface area contributed by atoms with Crippen LogP contribution in [-0.2, 0) is 5.41 Å². The SMILES string of the molecule is c1ccc(-c2ccc(-c3ccccc3N(c3ccc4c(c3)-c3cc(-c5ccccc5)ccc3C43C4CC5CC(C4)CC3C5)c3ccc4c(c3)oc3ccccc34)cc2)cc1. The van der Waals surface area contributed by atoms with Crippen LogP contribution in [0.15, 0.2) is 192 Å². The molecule has 14 rings (SSSR count). The van der Waals surface area contributed by atoms with Crippen LogP contribution in [0.25, 0.3) is 66.4 Å². The van der Waals surface area contributed by atoms with Crippen LogP contribution in [0, 0.1) is 23.7 Å². The Bertz CT molecular complexity index is 3070. The zero-order valence-corrected chi connectivity index (χ0v) is 33.6. The van der Waals surface area contributed by atoms with E-state index in [0.717, 1.165) is 50.8 Å². The van der Waals surface area contributed by atoms with Crippen LogP contribution in [0.5, 0.6) is 0 Å². The van der Waals surface area contributed by atoms with Gasteiger partial charge in [-0.2, -0.15) is 0 Å². The monoisotopic (exact) mass is 771 g/mol. The highest BCUT2D eigenvalue weighted by atomic mass is 16.3. The highest BCUT2D eigenvalue weighted by molar-refractivity contribution is 6.06. The molecule has 0 amide bonds. The fraction of sp³-hybridized carbons (Fsp3) is 0.172. The summed E-state index contributed by atoms with van der Waals surface area (Å²) in [5.74, 6) is 3.20. The second-order valence-corrected chi connectivity index (χ2v) is 18.1. The van der Waals surface area contributed by atoms with Crippen LogP contribution in [0.2, 0.25) is 0 Å². The van der Waals surface area contributed by atoms with Gasteiger partial charge in [0.05, 0.1) is 5.69 Å². The number of benzene rings is 8. The summed E-state index contributed by atoms with van der Waals surface area (Å²) in [5, 5.41) is 2.29. The van der Waals surface area contributed by atoms with E-state index in [0.29, 0.717) is 11.8 Å². The van der Waals surface area contributed by atoms with Crippen LogP contribution in [0.4, 0.5) is 17.1 Å². The molecule has 1 heterocycles. The second kappa shape index (κ2) is 13.2. The van der Waals surface area contributed by atoms with E-state index in [1.807, 2.05) is 0 Å². The zero-order chi connectivity index (χ0) is 39.4. The van der Waals surface area contributed by atoms with Gasteiger partial charge in [0.1, 0.15) is 11.2 Å². The number of anilines is 3. The summed E-state index contributed by atoms with van der Waals surface area (Å²) < 4.78 is 6.56. The summed E-state index contributed by atoms with van der Waals surface area (Å²) in [7, 11) is 0. The number of fused-ring (bicyclic) bond motifs is 6. The van der Waals surface area contributed by atoms with E-state index < -0.39 is 0 Å². The number of hydrogen-bond donors (Lipinski definition) is 0. The highest BCUT2D eigenvalue weighted by Gasteiger charge is 2.61. The number of hydrogen-bond acceptors (Lipinski definition) is 2. The maximum atomic E-state index is 6.56. The average Bonchev–Trinajstić information content (AvgIpc) is 3.82. The van der Waals surface area contributed by atoms with E-state index in [9.17, 15) is 0 Å². The van der Waals surface area contributed by atoms with Crippen LogP contribution in [0.3, 0.4) is 0 Å². The predicted molar refractivity (Wildman–Crippen MR) is 248 cm³/mol. The van der Waals surface area contributed by atoms with Gasteiger partial charge >= 0.3 is 0 Å². The molecule has 0 radical (unpaired) electrons. The lowest BCUT2D eigenvalue weighted by molar-refractivity contribution is -0.0399. The Morgan fingerprint density at radius 1 is 0.383 bits per heavy atom. The molecule has 0 unspecified atom stereocenters. The summed E-state index contributed by atoms with van der Waals surface area (Å²) in [6, 6.07) is 69.8. The molecule has 0 atom stereocenters. The summed E-state index contributed by atoms with van der Waals surface area (Å²) in [5.41, 5.74) is 18.7. The van der Waals surface area contributed by atoms with Crippen molar-refractivity contribution in [2.75, 3.05) is 4.90 Å². The summed E-state index contributed by atoms with van der Waals surface area (Å²) in [6.07, 6.45) is 6.93. The molecule has 288 valence electrons. The Morgan fingerprint density at radius 3 is 1.67 bits per heavy atom. The van der Waals surface area contributed by atoms with Gasteiger partial charge in [-0.25, -0.2) is 0 Å². The van der Waals surface area contributed by atoms with E-state index >= 15 is 0 Å². The normalized spacial score (nSPS) is 22.1. The lowest BCUT2D eigenvalue weighted by Crippen LogP contribution is -2.55. The predicted octanol–water partition coefficient (Wildman–Crippen LogP) is 15.8. The van der Waals surface area contributed by atoms with Crippen molar-refractivity contribution >= 4 is 39.0 Å². The zero-order valence-electron chi connectivity index (χ0n) is 33.6. The third kappa shape index (κ3) is 5.07. The number of rotatable bonds is 6. The average molecular weight is 772 g/mol. The topological polar surface area (TPSA) is 16.4 Å². The van der Waals surface area contributed by atoms with Crippen molar-refractivity contribution in [1.82, 2.24) is 0 Å². The molecular formula is C58H45NO. The molecule has 0 N–H and O–H groups in total. The minimum atomic E-state index is 0.0856. The van der Waals surface area contributed by atoms with E-state index in [4.69, 9.17) is 4.42 Å². The Labute approximate surface area is 351 Å². The Hall–Kier alpha value is -6.64. The maximum Gasteiger partial charge on any atom is 0.137 e. The summed E-state index contributed by atoms with van der Waals surface area (Å²) in [4.78, 5) is 2.48. The minimum Gasteiger partial charge on any atom is -0.456 e. The van der Waals surface area contributed by atoms with Crippen LogP contribution < -0.4 is 4.90 Å². The molecule has 0 aliphatic heterocycles. The van der Waals surface area contributed by atoms with Crippen molar-refractivity contribution in [3.05, 3.63) is 199 Å². The van der Waals surface area contributed by atoms with Gasteiger partial charge in [-0.1, -0.05) is 140 Å². The van der Waals surface area contributed by atoms with Crippen molar-refractivity contribution in [1.29, 1.82) is 0 Å². The first-order valence-electron chi connectivity index (χ1n) is 22.0. The Kier molecular flexibility index (Phi) is 7.52. The lowest BCUT2D eigenvalue weighted by atomic mass is 9.43. The molecule has 4 bridgehead atoms. The molecule has 0 saturated heterocycles. The van der Waals surface area contributed by atoms with Crippen molar-refractivity contribution in [2.45, 2.75) is 37.5 Å². The largest absolute Gasteiger partial charge is 0.456 e. The van der Waals surface area contributed by atoms with E-state index in [2.05, 4.69) is 193 Å². The molecule has 2 nitrogen and oxygen atoms in total. The lowest BCUT2D eigenvalue weighted by Gasteiger charge is -2.61. The molecule has 2 heteroatoms. The number of nitrogens with zero attached hydrogens (tertiary/aromatic N) is 1. The van der Waals surface area contributed by atoms with Gasteiger partial charge in [-0.3, -0.25) is 0 Å². The molecule has 4 fully saturated rings. The van der Waals surface area contributed by atoms with E-state index in [1.165, 1.54) is 76.6 Å². The smallest absolute Gasteiger partial charge is 0.137 e. The van der Waals surface area contributed by atoms with Crippen LogP contribution >= 0.6 is 0 Å².